The van der Waals surface area contributed by atoms with Crippen molar-refractivity contribution in [2.45, 2.75) is 66.2 Å². The third-order valence-corrected chi connectivity index (χ3v) is 10.6. The van der Waals surface area contributed by atoms with Crippen LogP contribution >= 0.6 is 69.6 Å². The Morgan fingerprint density at radius 2 is 0.957 bits per heavy atom. The largest absolute Gasteiger partial charge is 0.462 e. The zero-order chi connectivity index (χ0) is 34.1. The summed E-state index contributed by atoms with van der Waals surface area (Å²) in [5, 5.41) is -1.47. The van der Waals surface area contributed by atoms with Crippen molar-refractivity contribution in [1.29, 1.82) is 0 Å². The molecule has 8 nitrogen and oxygen atoms in total. The Hall–Kier alpha value is -1.94. The summed E-state index contributed by atoms with van der Waals surface area (Å²) in [4.78, 5) is 52.1. The van der Waals surface area contributed by atoms with Crippen molar-refractivity contribution in [3.63, 3.8) is 0 Å². The molecule has 250 valence electrons. The summed E-state index contributed by atoms with van der Waals surface area (Å²) >= 11 is 37.3. The van der Waals surface area contributed by atoms with Gasteiger partial charge in [0, 0.05) is 0 Å². The summed E-state index contributed by atoms with van der Waals surface area (Å²) in [5.74, 6) is -5.18. The third-order valence-electron chi connectivity index (χ3n) is 8.46. The molecule has 0 N–H and O–H groups in total. The Kier molecular flexibility index (Phi) is 11.8. The average Bonchev–Trinajstić information content (AvgIpc) is 2.93. The van der Waals surface area contributed by atoms with Gasteiger partial charge in [-0.1, -0.05) is 97.3 Å². The van der Waals surface area contributed by atoms with Crippen LogP contribution in [0.4, 0.5) is 0 Å². The molecule has 0 radical (unpaired) electrons. The normalized spacial score (nSPS) is 23.5. The minimum absolute atomic E-state index is 0.0408. The maximum atomic E-state index is 13.1. The molecule has 46 heavy (non-hydrogen) atoms. The van der Waals surface area contributed by atoms with E-state index in [1.54, 1.807) is 0 Å². The molecule has 2 saturated carbocycles. The van der Waals surface area contributed by atoms with E-state index in [1.807, 2.05) is 0 Å². The van der Waals surface area contributed by atoms with Crippen molar-refractivity contribution in [3.05, 3.63) is 53.4 Å². The van der Waals surface area contributed by atoms with Crippen LogP contribution in [-0.2, 0) is 19.1 Å². The molecule has 0 saturated heterocycles. The Morgan fingerprint density at radius 1 is 0.630 bits per heavy atom. The molecule has 2 aromatic carbocycles. The molecule has 4 rings (SSSR count). The van der Waals surface area contributed by atoms with Crippen LogP contribution in [0.5, 0.6) is 11.5 Å². The van der Waals surface area contributed by atoms with Gasteiger partial charge in [0.1, 0.15) is 11.1 Å². The average molecular weight is 757 g/mol. The van der Waals surface area contributed by atoms with Gasteiger partial charge in [0.15, 0.2) is 11.5 Å². The lowest BCUT2D eigenvalue weighted by Crippen LogP contribution is -2.34. The minimum atomic E-state index is -1.64. The van der Waals surface area contributed by atoms with Gasteiger partial charge in [-0.25, -0.2) is 19.2 Å². The minimum Gasteiger partial charge on any atom is -0.462 e. The second kappa shape index (κ2) is 14.7. The SMILES string of the molecule is CC1CC(C)(CCOC(=O)c2c(Cl)c(Cl)cc(Cl)c2OC(=O)C(=O)Oc2c(Cl)cc(Cl)c(Cl)c2C(=O)OCCC2(C)CC(C)C2)C1. The molecule has 0 spiro atoms. The van der Waals surface area contributed by atoms with E-state index in [0.717, 1.165) is 37.8 Å². The molecule has 2 fully saturated rings. The fourth-order valence-electron chi connectivity index (χ4n) is 6.57. The van der Waals surface area contributed by atoms with Crippen LogP contribution < -0.4 is 9.47 Å². The van der Waals surface area contributed by atoms with Gasteiger partial charge in [-0.2, -0.15) is 0 Å². The maximum absolute atomic E-state index is 13.1. The highest BCUT2D eigenvalue weighted by molar-refractivity contribution is 6.47. The lowest BCUT2D eigenvalue weighted by atomic mass is 9.62. The first-order valence-corrected chi connectivity index (χ1v) is 16.8. The van der Waals surface area contributed by atoms with Crippen molar-refractivity contribution >= 4 is 93.5 Å². The molecule has 0 amide bonds. The number of hydrogen-bond acceptors (Lipinski definition) is 8. The highest BCUT2D eigenvalue weighted by Gasteiger charge is 2.39. The van der Waals surface area contributed by atoms with Gasteiger partial charge in [0.25, 0.3) is 0 Å². The molecule has 14 heteroatoms. The van der Waals surface area contributed by atoms with Crippen molar-refractivity contribution in [3.8, 4) is 11.5 Å². The van der Waals surface area contributed by atoms with Crippen molar-refractivity contribution in [2.75, 3.05) is 13.2 Å². The molecule has 0 unspecified atom stereocenters. The van der Waals surface area contributed by atoms with Crippen LogP contribution in [0.3, 0.4) is 0 Å². The van der Waals surface area contributed by atoms with Gasteiger partial charge in [-0.05, 0) is 73.3 Å². The predicted octanol–water partition coefficient (Wildman–Crippen LogP) is 10.1. The lowest BCUT2D eigenvalue weighted by Gasteiger charge is -2.43. The zero-order valence-corrected chi connectivity index (χ0v) is 30.0. The standard InChI is InChI=1S/C32H32Cl6O8/c1-15-11-31(3,12-15)5-7-43-27(39)21-23(37)17(33)9-19(35)25(21)45-29(41)30(42)46-26-20(36)10-18(34)24(38)22(26)28(40)44-8-6-32(4)13-16(2)14-32/h9-10,15-16H,5-8,11-14H2,1-4H3. The maximum Gasteiger partial charge on any atom is 0.423 e. The fourth-order valence-corrected chi connectivity index (χ4v) is 8.01. The quantitative estimate of drug-likeness (QED) is 0.102. The lowest BCUT2D eigenvalue weighted by molar-refractivity contribution is -0.156. The topological polar surface area (TPSA) is 105 Å². The second-order valence-electron chi connectivity index (χ2n) is 12.9. The monoisotopic (exact) mass is 754 g/mol. The van der Waals surface area contributed by atoms with Gasteiger partial charge in [0.2, 0.25) is 0 Å². The van der Waals surface area contributed by atoms with Gasteiger partial charge in [-0.15, -0.1) is 0 Å². The van der Waals surface area contributed by atoms with Crippen LogP contribution in [0.15, 0.2) is 12.1 Å². The van der Waals surface area contributed by atoms with Gasteiger partial charge < -0.3 is 18.9 Å². The Balaban J connectivity index is 1.50. The fraction of sp³-hybridized carbons (Fsp3) is 0.500. The van der Waals surface area contributed by atoms with E-state index >= 15 is 0 Å². The van der Waals surface area contributed by atoms with E-state index in [2.05, 4.69) is 27.7 Å². The molecule has 0 aliphatic heterocycles. The molecule has 0 heterocycles. The molecule has 0 bridgehead atoms. The number of carbonyl (C=O) groups is 4. The van der Waals surface area contributed by atoms with Gasteiger partial charge >= 0.3 is 23.9 Å². The first-order chi connectivity index (χ1) is 21.4. The summed E-state index contributed by atoms with van der Waals surface area (Å²) in [6.07, 6.45) is 5.20. The van der Waals surface area contributed by atoms with Crippen LogP contribution in [0.25, 0.3) is 0 Å². The second-order valence-corrected chi connectivity index (χ2v) is 15.3. The number of rotatable bonds is 10. The van der Waals surface area contributed by atoms with Crippen LogP contribution in [-0.4, -0.2) is 37.1 Å². The summed E-state index contributed by atoms with van der Waals surface area (Å²) in [5.41, 5.74) is -0.837. The van der Waals surface area contributed by atoms with E-state index in [4.69, 9.17) is 88.6 Å². The number of halogens is 6. The number of ether oxygens (including phenoxy) is 4. The Bertz CT molecular complexity index is 1450. The first-order valence-electron chi connectivity index (χ1n) is 14.6. The molecular formula is C32H32Cl6O8. The predicted molar refractivity (Wildman–Crippen MR) is 177 cm³/mol. The van der Waals surface area contributed by atoms with Gasteiger partial charge in [0.05, 0.1) is 43.3 Å². The van der Waals surface area contributed by atoms with Crippen LogP contribution in [0.1, 0.15) is 86.9 Å². The Morgan fingerprint density at radius 3 is 1.26 bits per heavy atom. The molecule has 0 aromatic heterocycles. The van der Waals surface area contributed by atoms with E-state index in [-0.39, 0.29) is 54.2 Å². The molecular weight excluding hydrogens is 725 g/mol. The number of benzene rings is 2. The van der Waals surface area contributed by atoms with Crippen molar-refractivity contribution in [1.82, 2.24) is 0 Å². The highest BCUT2D eigenvalue weighted by atomic mass is 35.5. The van der Waals surface area contributed by atoms with Crippen molar-refractivity contribution < 1.29 is 38.1 Å². The summed E-state index contributed by atoms with van der Waals surface area (Å²) in [6, 6.07) is 2.25. The van der Waals surface area contributed by atoms with E-state index in [9.17, 15) is 19.2 Å². The summed E-state index contributed by atoms with van der Waals surface area (Å²) in [7, 11) is 0. The molecule has 0 atom stereocenters. The van der Waals surface area contributed by atoms with E-state index in [0.29, 0.717) is 24.7 Å². The molecule has 2 aliphatic carbocycles. The third kappa shape index (κ3) is 8.37. The van der Waals surface area contributed by atoms with E-state index < -0.39 is 46.5 Å². The molecule has 2 aromatic rings. The van der Waals surface area contributed by atoms with Crippen LogP contribution in [0.2, 0.25) is 30.1 Å². The number of carbonyl (C=O) groups excluding carboxylic acids is 4. The number of esters is 4. The van der Waals surface area contributed by atoms with Crippen LogP contribution in [0, 0.1) is 22.7 Å². The summed E-state index contributed by atoms with van der Waals surface area (Å²) in [6.45, 7) is 8.61. The van der Waals surface area contributed by atoms with E-state index in [1.165, 1.54) is 0 Å². The van der Waals surface area contributed by atoms with Gasteiger partial charge in [-0.3, -0.25) is 0 Å². The highest BCUT2D eigenvalue weighted by Crippen LogP contribution is 2.49. The first kappa shape index (κ1) is 36.9. The summed E-state index contributed by atoms with van der Waals surface area (Å²) < 4.78 is 21.2. The Labute approximate surface area is 297 Å². The smallest absolute Gasteiger partial charge is 0.423 e. The zero-order valence-electron chi connectivity index (χ0n) is 25.5. The van der Waals surface area contributed by atoms with Crippen molar-refractivity contribution in [2.24, 2.45) is 22.7 Å². The molecule has 2 aliphatic rings. The number of hydrogen-bond donors (Lipinski definition) is 0.